The molecular formula is C23H33N7O12P2. The Labute approximate surface area is 250 Å². The summed E-state index contributed by atoms with van der Waals surface area (Å²) in [6.07, 6.45) is -4.43. The van der Waals surface area contributed by atoms with Crippen LogP contribution in [0.1, 0.15) is 29.1 Å². The predicted molar refractivity (Wildman–Crippen MR) is 150 cm³/mol. The highest BCUT2D eigenvalue weighted by atomic mass is 31.3. The molecule has 0 bridgehead atoms. The van der Waals surface area contributed by atoms with Crippen molar-refractivity contribution in [1.82, 2.24) is 24.8 Å². The largest absolute Gasteiger partial charge is 0.481 e. The molecule has 1 aliphatic rings. The number of carbonyl (C=O) groups excluding carboxylic acids is 1. The first-order chi connectivity index (χ1) is 20.7. The lowest BCUT2D eigenvalue weighted by molar-refractivity contribution is -0.0504. The number of phosphoric ester groups is 2. The van der Waals surface area contributed by atoms with Crippen molar-refractivity contribution in [3.8, 4) is 0 Å². The van der Waals surface area contributed by atoms with E-state index in [2.05, 4.69) is 24.6 Å². The van der Waals surface area contributed by atoms with Gasteiger partial charge in [-0.2, -0.15) is 4.31 Å². The van der Waals surface area contributed by atoms with Gasteiger partial charge in [0.25, 0.3) is 0 Å². The van der Waals surface area contributed by atoms with Gasteiger partial charge in [0.2, 0.25) is 5.91 Å². The number of amides is 1. The summed E-state index contributed by atoms with van der Waals surface area (Å²) >= 11 is 0. The third kappa shape index (κ3) is 8.42. The number of imidazole rings is 1. The number of aliphatic hydroxyl groups is 3. The van der Waals surface area contributed by atoms with E-state index < -0.39 is 71.3 Å². The van der Waals surface area contributed by atoms with Crippen LogP contribution in [0.3, 0.4) is 0 Å². The molecular weight excluding hydrogens is 628 g/mol. The highest BCUT2D eigenvalue weighted by Gasteiger charge is 2.46. The predicted octanol–water partition coefficient (Wildman–Crippen LogP) is -0.836. The minimum absolute atomic E-state index is 0.0686. The number of aromatic nitrogens is 4. The smallest absolute Gasteiger partial charge is 0.393 e. The molecule has 2 aromatic heterocycles. The molecule has 3 heterocycles. The van der Waals surface area contributed by atoms with Gasteiger partial charge in [0.05, 0.1) is 25.6 Å². The second-order valence-corrected chi connectivity index (χ2v) is 13.0. The van der Waals surface area contributed by atoms with E-state index in [-0.39, 0.29) is 30.1 Å². The van der Waals surface area contributed by atoms with Gasteiger partial charge in [-0.05, 0) is 24.6 Å². The molecule has 3 aromatic rings. The van der Waals surface area contributed by atoms with Crippen LogP contribution in [0.5, 0.6) is 0 Å². The molecule has 1 fully saturated rings. The number of carbonyl (C=O) groups is 1. The zero-order chi connectivity index (χ0) is 32.2. The second kappa shape index (κ2) is 14.0. The molecule has 10 N–H and O–H groups in total. The number of nitrogens with one attached hydrogen (secondary N) is 1. The van der Waals surface area contributed by atoms with Gasteiger partial charge in [-0.15, -0.1) is 0 Å². The molecule has 21 heteroatoms. The van der Waals surface area contributed by atoms with Crippen LogP contribution < -0.4 is 16.8 Å². The third-order valence-electron chi connectivity index (χ3n) is 6.69. The molecule has 8 atom stereocenters. The normalized spacial score (nSPS) is 24.5. The van der Waals surface area contributed by atoms with Crippen LogP contribution in [-0.2, 0) is 33.8 Å². The Morgan fingerprint density at radius 2 is 1.89 bits per heavy atom. The lowest BCUT2D eigenvalue weighted by Gasteiger charge is -2.23. The van der Waals surface area contributed by atoms with E-state index in [0.29, 0.717) is 11.1 Å². The number of benzene rings is 1. The van der Waals surface area contributed by atoms with Gasteiger partial charge < -0.3 is 46.6 Å². The Kier molecular flexibility index (Phi) is 10.8. The van der Waals surface area contributed by atoms with E-state index in [9.17, 15) is 39.0 Å². The van der Waals surface area contributed by atoms with E-state index >= 15 is 0 Å². The summed E-state index contributed by atoms with van der Waals surface area (Å²) in [7, 11) is -10.5. The molecule has 1 saturated heterocycles. The number of nitrogens with two attached hydrogens (primary N) is 2. The molecule has 1 aromatic carbocycles. The molecule has 0 aliphatic carbocycles. The van der Waals surface area contributed by atoms with Crippen molar-refractivity contribution >= 4 is 38.5 Å². The van der Waals surface area contributed by atoms with Gasteiger partial charge in [-0.1, -0.05) is 12.1 Å². The van der Waals surface area contributed by atoms with Gasteiger partial charge in [0.1, 0.15) is 30.2 Å². The lowest BCUT2D eigenvalue weighted by atomic mass is 10.0. The monoisotopic (exact) mass is 661 g/mol. The topological polar surface area (TPSA) is 297 Å². The van der Waals surface area contributed by atoms with Gasteiger partial charge in [-0.25, -0.2) is 24.1 Å². The Hall–Kier alpha value is -2.90. The summed E-state index contributed by atoms with van der Waals surface area (Å²) in [5.41, 5.74) is 12.5. The number of phosphoric acid groups is 2. The van der Waals surface area contributed by atoms with Crippen molar-refractivity contribution in [2.75, 3.05) is 25.5 Å². The van der Waals surface area contributed by atoms with Gasteiger partial charge in [0.15, 0.2) is 17.7 Å². The van der Waals surface area contributed by atoms with Crippen molar-refractivity contribution < 1.29 is 57.1 Å². The Bertz CT molecular complexity index is 1560. The van der Waals surface area contributed by atoms with E-state index in [1.807, 2.05) is 0 Å². The van der Waals surface area contributed by atoms with E-state index in [4.69, 9.17) is 25.3 Å². The van der Waals surface area contributed by atoms with Gasteiger partial charge in [-0.3, -0.25) is 18.4 Å². The molecule has 0 saturated carbocycles. The van der Waals surface area contributed by atoms with E-state index in [0.717, 1.165) is 6.33 Å². The molecule has 0 spiro atoms. The first-order valence-electron chi connectivity index (χ1n) is 13.1. The summed E-state index contributed by atoms with van der Waals surface area (Å²) in [4.78, 5) is 43.3. The SMILES string of the molecule is C[C@H](O)[C@H](CNCc1cccc(C(N)=O)c1)COP(=O)(O)OP(=O)(O)OC[C@H]1O[C@@H](n2cnc3c(N)ncnc32)[C@H](O)[C@@H]1O. The van der Waals surface area contributed by atoms with Crippen molar-refractivity contribution in [3.63, 3.8) is 0 Å². The van der Waals surface area contributed by atoms with E-state index in [1.54, 1.807) is 24.3 Å². The summed E-state index contributed by atoms with van der Waals surface area (Å²) in [5.74, 6) is -1.29. The molecule has 4 rings (SSSR count). The third-order valence-corrected chi connectivity index (χ3v) is 9.29. The van der Waals surface area contributed by atoms with Crippen LogP contribution in [0.25, 0.3) is 11.2 Å². The van der Waals surface area contributed by atoms with Crippen LogP contribution in [-0.4, -0.2) is 94.7 Å². The van der Waals surface area contributed by atoms with Crippen molar-refractivity contribution in [1.29, 1.82) is 0 Å². The minimum Gasteiger partial charge on any atom is -0.393 e. The number of nitrogen functional groups attached to an aromatic ring is 1. The maximum absolute atomic E-state index is 12.4. The summed E-state index contributed by atoms with van der Waals surface area (Å²) in [6.45, 7) is 0.349. The number of anilines is 1. The standard InChI is InChI=1S/C23H33N7O12P2/c1-12(31)15(7-26-6-13-3-2-4-14(5-13)21(25)34)8-39-43(35,36)42-44(37,38)40-9-16-18(32)19(33)23(41-16)30-11-29-17-20(24)27-10-28-22(17)30/h2-5,10-12,15-16,18-19,23,26,31-33H,6-9H2,1H3,(H2,25,34)(H,35,36)(H,37,38)(H2,24,27,28)/t12-,15+,16+,18+,19+,23+/m0/s1. The van der Waals surface area contributed by atoms with Crippen molar-refractivity contribution in [2.24, 2.45) is 11.7 Å². The summed E-state index contributed by atoms with van der Waals surface area (Å²) in [6, 6.07) is 6.52. The number of hydrogen-bond acceptors (Lipinski definition) is 15. The maximum atomic E-state index is 12.4. The van der Waals surface area contributed by atoms with Crippen molar-refractivity contribution in [3.05, 3.63) is 48.0 Å². The summed E-state index contributed by atoms with van der Waals surface area (Å²) < 4.78 is 45.6. The molecule has 19 nitrogen and oxygen atoms in total. The van der Waals surface area contributed by atoms with E-state index in [1.165, 1.54) is 17.8 Å². The van der Waals surface area contributed by atoms with Crippen LogP contribution in [0.4, 0.5) is 5.82 Å². The van der Waals surface area contributed by atoms with Crippen LogP contribution >= 0.6 is 15.6 Å². The second-order valence-electron chi connectivity index (χ2n) is 9.94. The van der Waals surface area contributed by atoms with Gasteiger partial charge in [0, 0.05) is 24.6 Å². The number of nitrogens with zero attached hydrogens (tertiary/aromatic N) is 4. The molecule has 1 amide bonds. The average molecular weight is 662 g/mol. The Morgan fingerprint density at radius 3 is 2.59 bits per heavy atom. The fourth-order valence-electron chi connectivity index (χ4n) is 4.29. The number of rotatable bonds is 15. The van der Waals surface area contributed by atoms with Crippen LogP contribution in [0.2, 0.25) is 0 Å². The number of hydrogen-bond donors (Lipinski definition) is 8. The average Bonchev–Trinajstić information content (AvgIpc) is 3.50. The number of ether oxygens (including phenoxy) is 1. The fourth-order valence-corrected chi connectivity index (χ4v) is 6.43. The minimum atomic E-state index is -5.28. The first kappa shape index (κ1) is 34.0. The fraction of sp³-hybridized carbons (Fsp3) is 0.478. The first-order valence-corrected chi connectivity index (χ1v) is 16.0. The van der Waals surface area contributed by atoms with Crippen LogP contribution in [0.15, 0.2) is 36.9 Å². The Balaban J connectivity index is 1.28. The molecule has 242 valence electrons. The molecule has 2 unspecified atom stereocenters. The van der Waals surface area contributed by atoms with Gasteiger partial charge >= 0.3 is 15.6 Å². The number of primary amides is 1. The highest BCUT2D eigenvalue weighted by molar-refractivity contribution is 7.61. The summed E-state index contributed by atoms with van der Waals surface area (Å²) in [5, 5.41) is 34.0. The number of fused-ring (bicyclic) bond motifs is 1. The lowest BCUT2D eigenvalue weighted by Crippen LogP contribution is -2.33. The molecule has 44 heavy (non-hydrogen) atoms. The maximum Gasteiger partial charge on any atom is 0.481 e. The quantitative estimate of drug-likeness (QED) is 0.0921. The molecule has 0 radical (unpaired) electrons. The zero-order valence-electron chi connectivity index (χ0n) is 23.2. The van der Waals surface area contributed by atoms with Crippen LogP contribution in [0, 0.1) is 5.92 Å². The zero-order valence-corrected chi connectivity index (χ0v) is 25.0. The number of aliphatic hydroxyl groups excluding tert-OH is 3. The molecule has 1 aliphatic heterocycles. The highest BCUT2D eigenvalue weighted by Crippen LogP contribution is 2.60. The Morgan fingerprint density at radius 1 is 1.16 bits per heavy atom. The van der Waals surface area contributed by atoms with Crippen molar-refractivity contribution in [2.45, 2.75) is 44.1 Å².